The summed E-state index contributed by atoms with van der Waals surface area (Å²) < 4.78 is 9.15. The Morgan fingerprint density at radius 2 is 1.54 bits per heavy atom. The Kier molecular flexibility index (Phi) is 6.39. The van der Waals surface area contributed by atoms with Crippen LogP contribution in [0.5, 0.6) is 0 Å². The van der Waals surface area contributed by atoms with E-state index in [9.17, 15) is 14.7 Å². The van der Waals surface area contributed by atoms with Crippen LogP contribution in [0.4, 0.5) is 0 Å². The summed E-state index contributed by atoms with van der Waals surface area (Å²) in [6.45, 7) is 0.123. The maximum Gasteiger partial charge on any atom is 0.323 e. The predicted molar refractivity (Wildman–Crippen MR) is 149 cm³/mol. The largest absolute Gasteiger partial charge is 0.480 e. The number of carboxylic acids is 1. The van der Waals surface area contributed by atoms with E-state index >= 15 is 0 Å². The Hall–Kier alpha value is -5.17. The molecule has 7 heteroatoms. The first kappa shape index (κ1) is 24.2. The van der Waals surface area contributed by atoms with Gasteiger partial charge >= 0.3 is 5.97 Å². The van der Waals surface area contributed by atoms with Crippen molar-refractivity contribution in [3.63, 3.8) is 0 Å². The van der Waals surface area contributed by atoms with Gasteiger partial charge in [-0.25, -0.2) is 4.98 Å². The molecule has 0 fully saturated rings. The fourth-order valence-electron chi connectivity index (χ4n) is 5.08. The monoisotopic (exact) mass is 515 g/mol. The number of oxazole rings is 1. The van der Waals surface area contributed by atoms with Gasteiger partial charge in [0.15, 0.2) is 0 Å². The van der Waals surface area contributed by atoms with Gasteiger partial charge in [0.25, 0.3) is 5.56 Å². The first-order valence-corrected chi connectivity index (χ1v) is 12.6. The zero-order valence-electron chi connectivity index (χ0n) is 21.0. The van der Waals surface area contributed by atoms with E-state index in [1.165, 1.54) is 0 Å². The van der Waals surface area contributed by atoms with Crippen LogP contribution in [0.2, 0.25) is 0 Å². The summed E-state index contributed by atoms with van der Waals surface area (Å²) in [5, 5.41) is 10.0. The molecule has 0 saturated carbocycles. The van der Waals surface area contributed by atoms with Gasteiger partial charge in [0.1, 0.15) is 12.8 Å². The second-order valence-corrected chi connectivity index (χ2v) is 9.40. The number of rotatable bonds is 8. The fraction of sp³-hybridized carbons (Fsp3) is 0.0938. The number of aliphatic carboxylic acids is 1. The third-order valence-electron chi connectivity index (χ3n) is 6.84. The Balaban J connectivity index is 1.33. The van der Waals surface area contributed by atoms with E-state index < -0.39 is 5.97 Å². The van der Waals surface area contributed by atoms with E-state index in [2.05, 4.69) is 29.2 Å². The molecule has 0 spiro atoms. The van der Waals surface area contributed by atoms with Crippen molar-refractivity contribution in [2.24, 2.45) is 0 Å². The van der Waals surface area contributed by atoms with Gasteiger partial charge in [-0.15, -0.1) is 0 Å². The summed E-state index contributed by atoms with van der Waals surface area (Å²) in [4.78, 5) is 28.8. The molecule has 1 N–H and O–H groups in total. The van der Waals surface area contributed by atoms with E-state index in [4.69, 9.17) is 4.42 Å². The molecule has 192 valence electrons. The molecular weight excluding hydrogens is 490 g/mol. The molecule has 0 aliphatic heterocycles. The number of pyridine rings is 1. The minimum Gasteiger partial charge on any atom is -0.480 e. The van der Waals surface area contributed by atoms with Gasteiger partial charge in [0, 0.05) is 40.8 Å². The van der Waals surface area contributed by atoms with Crippen LogP contribution in [-0.4, -0.2) is 25.2 Å². The van der Waals surface area contributed by atoms with Crippen molar-refractivity contribution in [1.29, 1.82) is 0 Å². The number of fused-ring (bicyclic) bond motifs is 1. The van der Waals surface area contributed by atoms with Gasteiger partial charge in [-0.2, -0.15) is 0 Å². The summed E-state index contributed by atoms with van der Waals surface area (Å²) in [5.74, 6) is -0.523. The highest BCUT2D eigenvalue weighted by Crippen LogP contribution is 2.32. The van der Waals surface area contributed by atoms with E-state index in [0.29, 0.717) is 11.6 Å². The summed E-state index contributed by atoms with van der Waals surface area (Å²) >= 11 is 0. The molecule has 0 saturated heterocycles. The van der Waals surface area contributed by atoms with Crippen molar-refractivity contribution in [3.05, 3.63) is 148 Å². The third kappa shape index (κ3) is 4.90. The number of carboxylic acid groups (broad SMARTS) is 1. The SMILES string of the molecule is O=C(O)Cn1ccc2c(-c3nc(Cn4cc(C(c5ccccc5)c5ccccc5)ccc4=O)co3)cccc21. The maximum absolute atomic E-state index is 12.9. The van der Waals surface area contributed by atoms with Gasteiger partial charge in [0.05, 0.1) is 12.2 Å². The normalized spacial score (nSPS) is 11.3. The lowest BCUT2D eigenvalue weighted by Gasteiger charge is -2.19. The standard InChI is InChI=1S/C32H25N3O4/c36-29-15-14-24(31(22-8-3-1-4-9-22)23-10-5-2-6-11-23)18-35(29)19-25-21-39-32(33-25)27-12-7-13-28-26(27)16-17-34(28)20-30(37)38/h1-18,21,31H,19-20H2,(H,37,38). The van der Waals surface area contributed by atoms with Crippen molar-refractivity contribution in [2.45, 2.75) is 19.0 Å². The van der Waals surface area contributed by atoms with E-state index in [0.717, 1.165) is 33.2 Å². The van der Waals surface area contributed by atoms with Crippen molar-refractivity contribution in [1.82, 2.24) is 14.1 Å². The highest BCUT2D eigenvalue weighted by atomic mass is 16.4. The second kappa shape index (κ2) is 10.3. The number of nitrogens with zero attached hydrogens (tertiary/aromatic N) is 3. The topological polar surface area (TPSA) is 90.3 Å². The van der Waals surface area contributed by atoms with Crippen LogP contribution in [0.15, 0.2) is 125 Å². The molecule has 7 nitrogen and oxygen atoms in total. The van der Waals surface area contributed by atoms with E-state index in [-0.39, 0.29) is 24.6 Å². The summed E-state index contributed by atoms with van der Waals surface area (Å²) in [6.07, 6.45) is 5.20. The minimum absolute atomic E-state index is 0.0282. The first-order chi connectivity index (χ1) is 19.1. The van der Waals surface area contributed by atoms with Crippen LogP contribution in [0.1, 0.15) is 28.3 Å². The van der Waals surface area contributed by atoms with Crippen LogP contribution in [-0.2, 0) is 17.9 Å². The van der Waals surface area contributed by atoms with Crippen LogP contribution in [0.25, 0.3) is 22.4 Å². The van der Waals surface area contributed by atoms with Gasteiger partial charge in [-0.05, 0) is 34.9 Å². The molecule has 0 aliphatic carbocycles. The quantitative estimate of drug-likeness (QED) is 0.278. The van der Waals surface area contributed by atoms with Crippen LogP contribution >= 0.6 is 0 Å². The molecule has 3 aromatic carbocycles. The average Bonchev–Trinajstić information content (AvgIpc) is 3.59. The molecular formula is C32H25N3O4. The lowest BCUT2D eigenvalue weighted by molar-refractivity contribution is -0.137. The molecule has 0 amide bonds. The maximum atomic E-state index is 12.9. The van der Waals surface area contributed by atoms with Crippen LogP contribution in [0, 0.1) is 0 Å². The lowest BCUT2D eigenvalue weighted by Crippen LogP contribution is -2.21. The zero-order chi connectivity index (χ0) is 26.8. The molecule has 3 aromatic heterocycles. The Morgan fingerprint density at radius 3 is 2.23 bits per heavy atom. The lowest BCUT2D eigenvalue weighted by atomic mass is 9.86. The number of carbonyl (C=O) groups is 1. The number of aromatic nitrogens is 3. The molecule has 6 aromatic rings. The van der Waals surface area contributed by atoms with Gasteiger partial charge in [-0.1, -0.05) is 72.8 Å². The fourth-order valence-corrected chi connectivity index (χ4v) is 5.08. The van der Waals surface area contributed by atoms with Crippen molar-refractivity contribution >= 4 is 16.9 Å². The molecule has 0 unspecified atom stereocenters. The Morgan fingerprint density at radius 1 is 0.821 bits per heavy atom. The number of hydrogen-bond acceptors (Lipinski definition) is 4. The smallest absolute Gasteiger partial charge is 0.323 e. The van der Waals surface area contributed by atoms with Gasteiger partial charge in [-0.3, -0.25) is 9.59 Å². The van der Waals surface area contributed by atoms with Crippen molar-refractivity contribution in [2.75, 3.05) is 0 Å². The molecule has 0 atom stereocenters. The Labute approximate surface area is 224 Å². The number of hydrogen-bond donors (Lipinski definition) is 1. The van der Waals surface area contributed by atoms with Crippen LogP contribution < -0.4 is 5.56 Å². The predicted octanol–water partition coefficient (Wildman–Crippen LogP) is 5.77. The molecule has 6 rings (SSSR count). The van der Waals surface area contributed by atoms with Gasteiger partial charge < -0.3 is 18.7 Å². The minimum atomic E-state index is -0.911. The van der Waals surface area contributed by atoms with Gasteiger partial charge in [0.2, 0.25) is 5.89 Å². The van der Waals surface area contributed by atoms with Crippen molar-refractivity contribution in [3.8, 4) is 11.5 Å². The summed E-state index contributed by atoms with van der Waals surface area (Å²) in [6, 6.07) is 31.4. The molecule has 39 heavy (non-hydrogen) atoms. The first-order valence-electron chi connectivity index (χ1n) is 12.6. The summed E-state index contributed by atoms with van der Waals surface area (Å²) in [7, 11) is 0. The van der Waals surface area contributed by atoms with E-state index in [1.807, 2.05) is 72.9 Å². The molecule has 0 bridgehead atoms. The highest BCUT2D eigenvalue weighted by Gasteiger charge is 2.18. The molecule has 0 aliphatic rings. The van der Waals surface area contributed by atoms with Crippen LogP contribution in [0.3, 0.4) is 0 Å². The Bertz CT molecular complexity index is 1780. The van der Waals surface area contributed by atoms with Crippen molar-refractivity contribution < 1.29 is 14.3 Å². The molecule has 3 heterocycles. The van der Waals surface area contributed by atoms with E-state index in [1.54, 1.807) is 27.7 Å². The summed E-state index contributed by atoms with van der Waals surface area (Å²) in [5.41, 5.74) is 5.31. The third-order valence-corrected chi connectivity index (χ3v) is 6.84. The number of benzene rings is 3. The zero-order valence-corrected chi connectivity index (χ0v) is 21.0. The second-order valence-electron chi connectivity index (χ2n) is 9.40. The molecule has 0 radical (unpaired) electrons. The average molecular weight is 516 g/mol. The highest BCUT2D eigenvalue weighted by molar-refractivity contribution is 5.94.